The second kappa shape index (κ2) is 13.1. The van der Waals surface area contributed by atoms with Crippen molar-refractivity contribution in [2.75, 3.05) is 19.8 Å². The lowest BCUT2D eigenvalue weighted by atomic mass is 10.00. The average molecular weight is 631 g/mol. The molecule has 10 nitrogen and oxygen atoms in total. The number of methoxy groups -OCH3 is 1. The summed E-state index contributed by atoms with van der Waals surface area (Å²) in [5, 5.41) is 15.2. The third-order valence-electron chi connectivity index (χ3n) is 7.26. The van der Waals surface area contributed by atoms with E-state index in [0.29, 0.717) is 52.8 Å². The summed E-state index contributed by atoms with van der Waals surface area (Å²) in [7, 11) is -0.755. The van der Waals surface area contributed by atoms with Crippen molar-refractivity contribution in [1.29, 1.82) is 0 Å². The van der Waals surface area contributed by atoms with Gasteiger partial charge in [-0.3, -0.25) is 19.1 Å². The van der Waals surface area contributed by atoms with E-state index < -0.39 is 14.4 Å². The molecule has 1 aliphatic heterocycles. The van der Waals surface area contributed by atoms with Crippen molar-refractivity contribution in [3.05, 3.63) is 106 Å². The number of rotatable bonds is 10. The second-order valence-corrected chi connectivity index (χ2v) is 15.7. The van der Waals surface area contributed by atoms with Gasteiger partial charge in [0, 0.05) is 34.4 Å². The lowest BCUT2D eigenvalue weighted by molar-refractivity contribution is -0.121. The number of ether oxygens (including phenoxy) is 1. The van der Waals surface area contributed by atoms with Crippen LogP contribution < -0.4 is 15.4 Å². The summed E-state index contributed by atoms with van der Waals surface area (Å²) in [5.41, 5.74) is 4.74. The molecule has 5 rings (SSSR count). The Bertz CT molecular complexity index is 1700. The first-order valence-corrected chi connectivity index (χ1v) is 17.9. The number of aryl methyl sites for hydroxylation is 1. The van der Waals surface area contributed by atoms with Gasteiger partial charge in [-0.1, -0.05) is 35.9 Å². The minimum absolute atomic E-state index is 0.0734. The predicted octanol–water partition coefficient (Wildman–Crippen LogP) is 4.35. The zero-order chi connectivity index (χ0) is 31.4. The topological polar surface area (TPSA) is 131 Å². The molecule has 0 aliphatic carbocycles. The van der Waals surface area contributed by atoms with Crippen molar-refractivity contribution in [3.8, 4) is 11.4 Å². The summed E-state index contributed by atoms with van der Waals surface area (Å²) in [6.07, 6.45) is 0.959. The van der Waals surface area contributed by atoms with Crippen LogP contribution in [0.2, 0.25) is 18.1 Å². The van der Waals surface area contributed by atoms with Crippen LogP contribution in [-0.4, -0.2) is 65.2 Å². The van der Waals surface area contributed by atoms with Crippen molar-refractivity contribution in [2.45, 2.75) is 38.9 Å². The Balaban J connectivity index is 1.32. The molecule has 0 radical (unpaired) electrons. The summed E-state index contributed by atoms with van der Waals surface area (Å²) >= 11 is 6.19. The van der Waals surface area contributed by atoms with Gasteiger partial charge in [0.1, 0.15) is 17.6 Å². The van der Waals surface area contributed by atoms with Gasteiger partial charge in [-0.2, -0.15) is 0 Å². The number of aliphatic imine (C=N–C) groups is 1. The smallest absolute Gasteiger partial charge is 0.251 e. The molecule has 0 bridgehead atoms. The highest BCUT2D eigenvalue weighted by molar-refractivity contribution is 6.70. The van der Waals surface area contributed by atoms with Gasteiger partial charge in [0.05, 0.1) is 24.9 Å². The van der Waals surface area contributed by atoms with Gasteiger partial charge in [-0.05, 0) is 74.5 Å². The maximum Gasteiger partial charge on any atom is 0.251 e. The first-order valence-electron chi connectivity index (χ1n) is 14.3. The summed E-state index contributed by atoms with van der Waals surface area (Å²) in [5.74, 6) is 1.55. The van der Waals surface area contributed by atoms with Crippen molar-refractivity contribution in [1.82, 2.24) is 25.4 Å². The second-order valence-electron chi connectivity index (χ2n) is 11.3. The van der Waals surface area contributed by atoms with Gasteiger partial charge in [-0.25, -0.2) is 0 Å². The van der Waals surface area contributed by atoms with Crippen LogP contribution in [0.1, 0.15) is 51.2 Å². The van der Waals surface area contributed by atoms with E-state index in [9.17, 15) is 14.4 Å². The lowest BCUT2D eigenvalue weighted by Crippen LogP contribution is -2.42. The number of hydrogen-bond donors (Lipinski definition) is 3. The molecule has 2 amide bonds. The van der Waals surface area contributed by atoms with E-state index in [1.807, 2.05) is 66.1 Å². The van der Waals surface area contributed by atoms with E-state index in [0.717, 1.165) is 22.4 Å². The molecule has 4 aromatic rings. The third kappa shape index (κ3) is 7.24. The maximum absolute atomic E-state index is 13.2. The zero-order valence-electron chi connectivity index (χ0n) is 25.1. The molecule has 44 heavy (non-hydrogen) atoms. The van der Waals surface area contributed by atoms with Crippen LogP contribution in [0.25, 0.3) is 5.69 Å². The van der Waals surface area contributed by atoms with Crippen molar-refractivity contribution < 1.29 is 19.1 Å². The Morgan fingerprint density at radius 1 is 1.02 bits per heavy atom. The minimum Gasteiger partial charge on any atom is -0.497 e. The molecule has 1 aromatic heterocycles. The van der Waals surface area contributed by atoms with Gasteiger partial charge in [0.2, 0.25) is 14.2 Å². The largest absolute Gasteiger partial charge is 0.497 e. The molecule has 12 heteroatoms. The highest BCUT2D eigenvalue weighted by Gasteiger charge is 2.30. The summed E-state index contributed by atoms with van der Waals surface area (Å²) < 4.78 is 7.47. The minimum atomic E-state index is -2.37. The van der Waals surface area contributed by atoms with Gasteiger partial charge in [0.15, 0.2) is 5.82 Å². The van der Waals surface area contributed by atoms with E-state index in [1.165, 1.54) is 0 Å². The molecule has 1 atom stereocenters. The molecule has 3 N–H and O–H groups in total. The number of amides is 2. The Morgan fingerprint density at radius 3 is 2.43 bits per heavy atom. The number of benzene rings is 3. The monoisotopic (exact) mass is 630 g/mol. The summed E-state index contributed by atoms with van der Waals surface area (Å²) in [6.45, 7) is 5.83. The Hall–Kier alpha value is -4.32. The molecule has 0 spiro atoms. The number of halogens is 1. The Kier molecular flexibility index (Phi) is 9.28. The standard InChI is InChI=1S/C32H35ClN6O4Si/c1-20-37-38-31-27(18-29(40)34-16-15-21-5-7-23(8-6-21)32(41)35-19-44(3,4)42)36-30(22-9-11-24(33)12-10-22)26-17-25(43-2)13-14-28(26)39(20)31/h5-14,17,27,42H,15-16,18-19H2,1-4H3,(H,34,40)(H,35,41)/t27-/m0/s1. The predicted molar refractivity (Wildman–Crippen MR) is 172 cm³/mol. The Morgan fingerprint density at radius 2 is 1.75 bits per heavy atom. The van der Waals surface area contributed by atoms with Crippen LogP contribution in [0.5, 0.6) is 5.75 Å². The van der Waals surface area contributed by atoms with E-state index in [4.69, 9.17) is 21.3 Å². The van der Waals surface area contributed by atoms with Gasteiger partial charge in [0.25, 0.3) is 5.91 Å². The lowest BCUT2D eigenvalue weighted by Gasteiger charge is -2.15. The molecule has 0 saturated carbocycles. The fraction of sp³-hybridized carbons (Fsp3) is 0.281. The highest BCUT2D eigenvalue weighted by atomic mass is 35.5. The summed E-state index contributed by atoms with van der Waals surface area (Å²) in [6, 6.07) is 19.8. The molecule has 1 aliphatic rings. The maximum atomic E-state index is 13.2. The fourth-order valence-electron chi connectivity index (χ4n) is 4.99. The van der Waals surface area contributed by atoms with Gasteiger partial charge < -0.3 is 20.2 Å². The third-order valence-corrected chi connectivity index (χ3v) is 8.56. The van der Waals surface area contributed by atoms with E-state index >= 15 is 0 Å². The molecule has 3 aromatic carbocycles. The number of nitrogens with zero attached hydrogens (tertiary/aromatic N) is 4. The average Bonchev–Trinajstić information content (AvgIpc) is 3.32. The van der Waals surface area contributed by atoms with E-state index in [-0.39, 0.29) is 18.2 Å². The van der Waals surface area contributed by atoms with Crippen LogP contribution in [0.4, 0.5) is 0 Å². The van der Waals surface area contributed by atoms with E-state index in [1.54, 1.807) is 32.3 Å². The van der Waals surface area contributed by atoms with Gasteiger partial charge >= 0.3 is 0 Å². The van der Waals surface area contributed by atoms with Crippen molar-refractivity contribution in [2.24, 2.45) is 4.99 Å². The van der Waals surface area contributed by atoms with Crippen molar-refractivity contribution >= 4 is 37.4 Å². The number of aromatic nitrogens is 3. The van der Waals surface area contributed by atoms with Crippen LogP contribution in [-0.2, 0) is 11.2 Å². The number of hydrogen-bond acceptors (Lipinski definition) is 7. The normalized spacial score (nSPS) is 14.1. The van der Waals surface area contributed by atoms with Crippen LogP contribution in [0.15, 0.2) is 71.7 Å². The number of fused-ring (bicyclic) bond motifs is 3. The van der Waals surface area contributed by atoms with Crippen LogP contribution in [0.3, 0.4) is 0 Å². The first kappa shape index (κ1) is 31.1. The van der Waals surface area contributed by atoms with Crippen LogP contribution >= 0.6 is 11.6 Å². The molecule has 2 heterocycles. The zero-order valence-corrected chi connectivity index (χ0v) is 26.9. The molecule has 228 valence electrons. The number of carbonyl (C=O) groups is 2. The SMILES string of the molecule is COc1ccc2c(c1)C(c1ccc(Cl)cc1)=N[C@@H](CC(=O)NCCc1ccc(C(=O)NC[Si](C)(C)O)cc1)c1nnc(C)n1-2. The highest BCUT2D eigenvalue weighted by Crippen LogP contribution is 2.34. The quantitative estimate of drug-likeness (QED) is 0.223. The van der Waals surface area contributed by atoms with Crippen molar-refractivity contribution in [3.63, 3.8) is 0 Å². The number of nitrogens with one attached hydrogen (secondary N) is 2. The van der Waals surface area contributed by atoms with E-state index in [2.05, 4.69) is 20.8 Å². The molecule has 0 saturated heterocycles. The summed E-state index contributed by atoms with van der Waals surface area (Å²) in [4.78, 5) is 40.7. The van der Waals surface area contributed by atoms with Crippen LogP contribution in [0, 0.1) is 6.92 Å². The number of carbonyl (C=O) groups excluding carboxylic acids is 2. The molecular weight excluding hydrogens is 596 g/mol. The molecule has 0 fully saturated rings. The van der Waals surface area contributed by atoms with Gasteiger partial charge in [-0.15, -0.1) is 10.2 Å². The first-order chi connectivity index (χ1) is 21.0. The Labute approximate surface area is 262 Å². The molecule has 0 unspecified atom stereocenters. The fourth-order valence-corrected chi connectivity index (χ4v) is 5.71. The molecular formula is C32H35ClN6O4Si.